The lowest BCUT2D eigenvalue weighted by Crippen LogP contribution is -2.39. The first-order chi connectivity index (χ1) is 10.1. The molecular weight excluding hydrogens is 296 g/mol. The highest BCUT2D eigenvalue weighted by Crippen LogP contribution is 2.21. The van der Waals surface area contributed by atoms with Crippen LogP contribution in [0.4, 0.5) is 0 Å². The van der Waals surface area contributed by atoms with E-state index in [1.807, 2.05) is 0 Å². The van der Waals surface area contributed by atoms with E-state index in [4.69, 9.17) is 0 Å². The molecule has 2 heterocycles. The van der Waals surface area contributed by atoms with Crippen LogP contribution in [0.5, 0.6) is 0 Å². The third-order valence-corrected chi connectivity index (χ3v) is 4.98. The minimum atomic E-state index is 0. The second-order valence-corrected chi connectivity index (χ2v) is 6.70. The van der Waals surface area contributed by atoms with Gasteiger partial charge in [0.2, 0.25) is 5.91 Å². The molecule has 2 saturated heterocycles. The minimum Gasteiger partial charge on any atom is -0.341 e. The zero-order valence-corrected chi connectivity index (χ0v) is 14.4. The number of carbonyl (C=O) groups excluding carboxylic acids is 1. The highest BCUT2D eigenvalue weighted by atomic mass is 35.5. The summed E-state index contributed by atoms with van der Waals surface area (Å²) in [6.45, 7) is 6.09. The van der Waals surface area contributed by atoms with Crippen molar-refractivity contribution in [3.63, 3.8) is 0 Å². The van der Waals surface area contributed by atoms with Gasteiger partial charge in [0.05, 0.1) is 0 Å². The van der Waals surface area contributed by atoms with Crippen molar-refractivity contribution in [2.75, 3.05) is 13.1 Å². The summed E-state index contributed by atoms with van der Waals surface area (Å²) in [5, 5.41) is 3.63. The standard InChI is InChI=1S/C18H26N2O.ClH/c1-13-3-4-15(14(2)11-13)5-8-18(21)20-10-9-16-6-7-17(12-20)19-16;/h3-4,11,16-17,19H,5-10,12H2,1-2H3;1H. The van der Waals surface area contributed by atoms with Crippen LogP contribution < -0.4 is 5.32 Å². The van der Waals surface area contributed by atoms with Gasteiger partial charge in [-0.25, -0.2) is 0 Å². The summed E-state index contributed by atoms with van der Waals surface area (Å²) < 4.78 is 0. The van der Waals surface area contributed by atoms with Crippen LogP contribution in [-0.2, 0) is 11.2 Å². The van der Waals surface area contributed by atoms with Crippen LogP contribution in [0.1, 0.15) is 42.4 Å². The van der Waals surface area contributed by atoms with Crippen LogP contribution in [-0.4, -0.2) is 36.0 Å². The number of halogens is 1. The van der Waals surface area contributed by atoms with Crippen molar-refractivity contribution in [2.24, 2.45) is 0 Å². The molecule has 2 atom stereocenters. The third kappa shape index (κ3) is 4.02. The van der Waals surface area contributed by atoms with Crippen molar-refractivity contribution < 1.29 is 4.79 Å². The Balaban J connectivity index is 0.00000176. The van der Waals surface area contributed by atoms with Gasteiger partial charge < -0.3 is 10.2 Å². The van der Waals surface area contributed by atoms with Gasteiger partial charge in [-0.1, -0.05) is 23.8 Å². The predicted molar refractivity (Wildman–Crippen MR) is 92.6 cm³/mol. The second-order valence-electron chi connectivity index (χ2n) is 6.70. The first kappa shape index (κ1) is 17.3. The van der Waals surface area contributed by atoms with Crippen molar-refractivity contribution >= 4 is 18.3 Å². The topological polar surface area (TPSA) is 32.3 Å². The molecule has 22 heavy (non-hydrogen) atoms. The van der Waals surface area contributed by atoms with Gasteiger partial charge in [-0.15, -0.1) is 12.4 Å². The average molecular weight is 323 g/mol. The molecule has 3 rings (SSSR count). The normalized spacial score (nSPS) is 23.8. The van der Waals surface area contributed by atoms with Crippen LogP contribution in [0.25, 0.3) is 0 Å². The maximum absolute atomic E-state index is 12.5. The highest BCUT2D eigenvalue weighted by Gasteiger charge is 2.30. The van der Waals surface area contributed by atoms with Gasteiger partial charge in [0, 0.05) is 31.6 Å². The molecule has 1 aromatic carbocycles. The summed E-state index contributed by atoms with van der Waals surface area (Å²) in [5.41, 5.74) is 3.90. The van der Waals surface area contributed by atoms with Crippen LogP contribution >= 0.6 is 12.4 Å². The Labute approximate surface area is 139 Å². The molecule has 2 aliphatic heterocycles. The third-order valence-electron chi connectivity index (χ3n) is 4.98. The Morgan fingerprint density at radius 3 is 2.77 bits per heavy atom. The summed E-state index contributed by atoms with van der Waals surface area (Å²) in [4.78, 5) is 14.6. The first-order valence-electron chi connectivity index (χ1n) is 8.22. The number of hydrogen-bond acceptors (Lipinski definition) is 2. The maximum Gasteiger partial charge on any atom is 0.222 e. The lowest BCUT2D eigenvalue weighted by molar-refractivity contribution is -0.131. The van der Waals surface area contributed by atoms with E-state index in [2.05, 4.69) is 42.3 Å². The van der Waals surface area contributed by atoms with E-state index in [1.54, 1.807) is 0 Å². The maximum atomic E-state index is 12.5. The monoisotopic (exact) mass is 322 g/mol. The van der Waals surface area contributed by atoms with Gasteiger partial charge in [0.1, 0.15) is 0 Å². The van der Waals surface area contributed by atoms with Crippen molar-refractivity contribution in [2.45, 2.75) is 58.0 Å². The number of aryl methyl sites for hydroxylation is 3. The Morgan fingerprint density at radius 1 is 1.23 bits per heavy atom. The van der Waals surface area contributed by atoms with Crippen molar-refractivity contribution in [3.8, 4) is 0 Å². The Morgan fingerprint density at radius 2 is 2.00 bits per heavy atom. The smallest absolute Gasteiger partial charge is 0.222 e. The van der Waals surface area contributed by atoms with Crippen molar-refractivity contribution in [1.82, 2.24) is 10.2 Å². The molecule has 1 aromatic rings. The van der Waals surface area contributed by atoms with E-state index in [0.717, 1.165) is 25.9 Å². The molecule has 122 valence electrons. The summed E-state index contributed by atoms with van der Waals surface area (Å²) >= 11 is 0. The number of benzene rings is 1. The number of likely N-dealkylation sites (tertiary alicyclic amines) is 1. The summed E-state index contributed by atoms with van der Waals surface area (Å²) in [5.74, 6) is 0.323. The van der Waals surface area contributed by atoms with Crippen molar-refractivity contribution in [1.29, 1.82) is 0 Å². The Hall–Kier alpha value is -1.06. The van der Waals surface area contributed by atoms with Crippen LogP contribution in [0.3, 0.4) is 0 Å². The van der Waals surface area contributed by atoms with Gasteiger partial charge in [-0.05, 0) is 50.7 Å². The number of nitrogens with zero attached hydrogens (tertiary/aromatic N) is 1. The Kier molecular flexibility index (Phi) is 5.87. The van der Waals surface area contributed by atoms with E-state index >= 15 is 0 Å². The van der Waals surface area contributed by atoms with E-state index in [1.165, 1.54) is 29.5 Å². The first-order valence-corrected chi connectivity index (χ1v) is 8.22. The number of hydrogen-bond donors (Lipinski definition) is 1. The summed E-state index contributed by atoms with van der Waals surface area (Å²) in [7, 11) is 0. The largest absolute Gasteiger partial charge is 0.341 e. The fraction of sp³-hybridized carbons (Fsp3) is 0.611. The average Bonchev–Trinajstić information content (AvgIpc) is 2.77. The fourth-order valence-corrected chi connectivity index (χ4v) is 3.70. The molecule has 0 saturated carbocycles. The van der Waals surface area contributed by atoms with Gasteiger partial charge in [-0.2, -0.15) is 0 Å². The molecular formula is C18H27ClN2O. The molecule has 2 fully saturated rings. The number of nitrogens with one attached hydrogen (secondary N) is 1. The molecule has 4 heteroatoms. The molecule has 0 aromatic heterocycles. The van der Waals surface area contributed by atoms with Crippen molar-refractivity contribution in [3.05, 3.63) is 34.9 Å². The van der Waals surface area contributed by atoms with Gasteiger partial charge in [-0.3, -0.25) is 4.79 Å². The van der Waals surface area contributed by atoms with Gasteiger partial charge in [0.15, 0.2) is 0 Å². The Bertz CT molecular complexity index is 532. The fourth-order valence-electron chi connectivity index (χ4n) is 3.70. The zero-order valence-electron chi connectivity index (χ0n) is 13.6. The molecule has 1 amide bonds. The number of amides is 1. The molecule has 2 bridgehead atoms. The van der Waals surface area contributed by atoms with Crippen LogP contribution in [0, 0.1) is 13.8 Å². The number of fused-ring (bicyclic) bond motifs is 2. The molecule has 0 radical (unpaired) electrons. The quantitative estimate of drug-likeness (QED) is 0.927. The number of rotatable bonds is 3. The van der Waals surface area contributed by atoms with Gasteiger partial charge >= 0.3 is 0 Å². The molecule has 2 aliphatic rings. The SMILES string of the molecule is Cc1ccc(CCC(=O)N2CCC3CCC(C2)N3)c(C)c1.Cl. The molecule has 1 N–H and O–H groups in total. The molecule has 0 spiro atoms. The molecule has 2 unspecified atom stereocenters. The van der Waals surface area contributed by atoms with E-state index in [-0.39, 0.29) is 12.4 Å². The van der Waals surface area contributed by atoms with Gasteiger partial charge in [0.25, 0.3) is 0 Å². The van der Waals surface area contributed by atoms with E-state index in [0.29, 0.717) is 24.4 Å². The molecule has 0 aliphatic carbocycles. The second kappa shape index (κ2) is 7.47. The lowest BCUT2D eigenvalue weighted by Gasteiger charge is -2.24. The summed E-state index contributed by atoms with van der Waals surface area (Å²) in [6.07, 6.45) is 5.14. The zero-order chi connectivity index (χ0) is 14.8. The van der Waals surface area contributed by atoms with E-state index < -0.39 is 0 Å². The molecule has 3 nitrogen and oxygen atoms in total. The minimum absolute atomic E-state index is 0. The highest BCUT2D eigenvalue weighted by molar-refractivity contribution is 5.85. The van der Waals surface area contributed by atoms with Crippen LogP contribution in [0.2, 0.25) is 0 Å². The van der Waals surface area contributed by atoms with E-state index in [9.17, 15) is 4.79 Å². The van der Waals surface area contributed by atoms with Crippen LogP contribution in [0.15, 0.2) is 18.2 Å². The predicted octanol–water partition coefficient (Wildman–Crippen LogP) is 3.01. The summed E-state index contributed by atoms with van der Waals surface area (Å²) in [6, 6.07) is 7.69. The lowest BCUT2D eigenvalue weighted by atomic mass is 10.0. The number of carbonyl (C=O) groups is 1.